The fraction of sp³-hybridized carbons (Fsp3) is 0.0769. The van der Waals surface area contributed by atoms with Gasteiger partial charge in [0.25, 0.3) is 0 Å². The van der Waals surface area contributed by atoms with E-state index in [0.717, 1.165) is 44.2 Å². The third-order valence-electron chi connectivity index (χ3n) is 5.81. The highest BCUT2D eigenvalue weighted by atomic mass is 19.1. The van der Waals surface area contributed by atoms with Crippen LogP contribution in [0.15, 0.2) is 67.1 Å². The average molecular weight is 450 g/mol. The molecule has 34 heavy (non-hydrogen) atoms. The maximum absolute atomic E-state index is 14.1. The Bertz CT molecular complexity index is 1670. The molecule has 0 aliphatic rings. The van der Waals surface area contributed by atoms with Crippen molar-refractivity contribution < 1.29 is 9.13 Å². The summed E-state index contributed by atoms with van der Waals surface area (Å²) in [5.41, 5.74) is 7.17. The molecule has 0 amide bonds. The van der Waals surface area contributed by atoms with Crippen LogP contribution in [0, 0.1) is 12.7 Å². The molecule has 6 aromatic rings. The summed E-state index contributed by atoms with van der Waals surface area (Å²) >= 11 is 0. The van der Waals surface area contributed by atoms with E-state index in [0.29, 0.717) is 22.9 Å². The van der Waals surface area contributed by atoms with Crippen molar-refractivity contribution in [3.63, 3.8) is 0 Å². The number of aryl methyl sites for hydroxylation is 1. The molecular formula is C26H19FN6O. The number of hydrogen-bond donors (Lipinski definition) is 2. The first-order chi connectivity index (χ1) is 16.6. The van der Waals surface area contributed by atoms with Gasteiger partial charge in [-0.15, -0.1) is 0 Å². The van der Waals surface area contributed by atoms with Crippen LogP contribution in [0.2, 0.25) is 0 Å². The van der Waals surface area contributed by atoms with Crippen molar-refractivity contribution in [2.45, 2.75) is 6.92 Å². The van der Waals surface area contributed by atoms with Gasteiger partial charge >= 0.3 is 0 Å². The fourth-order valence-electron chi connectivity index (χ4n) is 4.22. The summed E-state index contributed by atoms with van der Waals surface area (Å²) in [5, 5.41) is 8.49. The molecule has 4 heterocycles. The molecule has 0 spiro atoms. The molecule has 0 radical (unpaired) electrons. The highest BCUT2D eigenvalue weighted by molar-refractivity contribution is 5.97. The Morgan fingerprint density at radius 3 is 2.71 bits per heavy atom. The molecule has 0 unspecified atom stereocenters. The number of fused-ring (bicyclic) bond motifs is 2. The van der Waals surface area contributed by atoms with Crippen LogP contribution in [0.25, 0.3) is 55.8 Å². The smallest absolute Gasteiger partial charge is 0.178 e. The van der Waals surface area contributed by atoms with Gasteiger partial charge in [-0.05, 0) is 60.0 Å². The lowest BCUT2D eigenvalue weighted by atomic mass is 10.0. The summed E-state index contributed by atoms with van der Waals surface area (Å²) < 4.78 is 19.4. The van der Waals surface area contributed by atoms with Gasteiger partial charge in [-0.3, -0.25) is 10.1 Å². The molecular weight excluding hydrogens is 431 g/mol. The predicted octanol–water partition coefficient (Wildman–Crippen LogP) is 5.69. The van der Waals surface area contributed by atoms with E-state index < -0.39 is 0 Å². The number of aromatic nitrogens is 6. The third-order valence-corrected chi connectivity index (χ3v) is 5.81. The van der Waals surface area contributed by atoms with Crippen molar-refractivity contribution in [2.75, 3.05) is 7.11 Å². The van der Waals surface area contributed by atoms with Gasteiger partial charge in [0, 0.05) is 28.9 Å². The fourth-order valence-corrected chi connectivity index (χ4v) is 4.22. The van der Waals surface area contributed by atoms with E-state index >= 15 is 0 Å². The molecule has 166 valence electrons. The van der Waals surface area contributed by atoms with Gasteiger partial charge in [0.05, 0.1) is 24.3 Å². The highest BCUT2D eigenvalue weighted by Gasteiger charge is 2.17. The number of aromatic amines is 2. The summed E-state index contributed by atoms with van der Waals surface area (Å²) in [6, 6.07) is 14.8. The summed E-state index contributed by atoms with van der Waals surface area (Å²) in [5.74, 6) is 0.987. The number of hydrogen-bond acceptors (Lipinski definition) is 5. The van der Waals surface area contributed by atoms with Gasteiger partial charge in [0.1, 0.15) is 17.3 Å². The Labute approximate surface area is 193 Å². The lowest BCUT2D eigenvalue weighted by molar-refractivity contribution is 0.413. The minimum atomic E-state index is -0.280. The summed E-state index contributed by atoms with van der Waals surface area (Å²) in [4.78, 5) is 16.7. The van der Waals surface area contributed by atoms with Crippen LogP contribution < -0.4 is 4.74 Å². The van der Waals surface area contributed by atoms with Gasteiger partial charge in [-0.25, -0.2) is 14.4 Å². The second kappa shape index (κ2) is 7.77. The number of nitrogens with zero attached hydrogens (tertiary/aromatic N) is 4. The number of pyridine rings is 2. The number of halogens is 1. The zero-order valence-corrected chi connectivity index (χ0v) is 18.4. The van der Waals surface area contributed by atoms with Crippen molar-refractivity contribution in [3.05, 3.63) is 78.5 Å². The predicted molar refractivity (Wildman–Crippen MR) is 129 cm³/mol. The van der Waals surface area contributed by atoms with Gasteiger partial charge < -0.3 is 9.72 Å². The van der Waals surface area contributed by atoms with Gasteiger partial charge in [-0.2, -0.15) is 5.10 Å². The van der Waals surface area contributed by atoms with Crippen LogP contribution in [0.4, 0.5) is 4.39 Å². The molecule has 2 aromatic carbocycles. The molecule has 0 atom stereocenters. The molecule has 0 aliphatic carbocycles. The lowest BCUT2D eigenvalue weighted by Crippen LogP contribution is -1.87. The molecule has 0 aliphatic heterocycles. The van der Waals surface area contributed by atoms with E-state index in [1.54, 1.807) is 25.7 Å². The van der Waals surface area contributed by atoms with E-state index in [1.165, 1.54) is 12.1 Å². The molecule has 2 N–H and O–H groups in total. The minimum Gasteiger partial charge on any atom is -0.495 e. The quantitative estimate of drug-likeness (QED) is 0.360. The molecule has 8 heteroatoms. The SMILES string of the molecule is COc1cncc(-c2ccc3[nH]nc(-c4nc5nccc(-c6cc(C)cc(F)c6)c5[nH]4)c3c2)c1. The number of H-pyrrole nitrogens is 2. The van der Waals surface area contributed by atoms with Crippen LogP contribution in [-0.2, 0) is 0 Å². The van der Waals surface area contributed by atoms with Crippen molar-refractivity contribution in [2.24, 2.45) is 0 Å². The number of methoxy groups -OCH3 is 1. The zero-order chi connectivity index (χ0) is 23.2. The molecule has 0 saturated heterocycles. The molecule has 4 aromatic heterocycles. The molecule has 0 saturated carbocycles. The Morgan fingerprint density at radius 1 is 0.941 bits per heavy atom. The Hall–Kier alpha value is -4.59. The minimum absolute atomic E-state index is 0.280. The van der Waals surface area contributed by atoms with E-state index in [1.807, 2.05) is 43.3 Å². The second-order valence-electron chi connectivity index (χ2n) is 8.11. The van der Waals surface area contributed by atoms with Gasteiger partial charge in [-0.1, -0.05) is 12.1 Å². The Morgan fingerprint density at radius 2 is 1.85 bits per heavy atom. The number of imidazole rings is 1. The lowest BCUT2D eigenvalue weighted by Gasteiger charge is -2.05. The van der Waals surface area contributed by atoms with Gasteiger partial charge in [0.15, 0.2) is 11.5 Å². The maximum atomic E-state index is 14.1. The van der Waals surface area contributed by atoms with Crippen LogP contribution >= 0.6 is 0 Å². The average Bonchev–Trinajstić information content (AvgIpc) is 3.46. The molecule has 0 fully saturated rings. The molecule has 0 bridgehead atoms. The number of ether oxygens (including phenoxy) is 1. The Kier molecular flexibility index (Phi) is 4.58. The summed E-state index contributed by atoms with van der Waals surface area (Å²) in [6.07, 6.45) is 5.14. The van der Waals surface area contributed by atoms with E-state index in [2.05, 4.69) is 25.1 Å². The van der Waals surface area contributed by atoms with Crippen molar-refractivity contribution in [1.82, 2.24) is 30.1 Å². The van der Waals surface area contributed by atoms with E-state index in [4.69, 9.17) is 9.72 Å². The second-order valence-corrected chi connectivity index (χ2v) is 8.11. The molecule has 7 nitrogen and oxygen atoms in total. The van der Waals surface area contributed by atoms with E-state index in [9.17, 15) is 4.39 Å². The van der Waals surface area contributed by atoms with Crippen LogP contribution in [0.5, 0.6) is 5.75 Å². The molecule has 6 rings (SSSR count). The van der Waals surface area contributed by atoms with Crippen molar-refractivity contribution in [1.29, 1.82) is 0 Å². The first-order valence-electron chi connectivity index (χ1n) is 10.7. The van der Waals surface area contributed by atoms with Crippen molar-refractivity contribution in [3.8, 4) is 39.5 Å². The standard InChI is InChI=1S/C26H19FN6O/c1-14-7-16(9-18(27)8-14)20-5-6-29-25-23(20)30-26(31-25)24-21-11-15(3-4-22(21)32-33-24)17-10-19(34-2)13-28-12-17/h3-13H,1-2H3,(H,32,33)(H,29,30,31). The summed E-state index contributed by atoms with van der Waals surface area (Å²) in [7, 11) is 1.62. The zero-order valence-electron chi connectivity index (χ0n) is 18.4. The number of benzene rings is 2. The number of rotatable bonds is 4. The largest absolute Gasteiger partial charge is 0.495 e. The topological polar surface area (TPSA) is 92.4 Å². The van der Waals surface area contributed by atoms with E-state index in [-0.39, 0.29) is 5.82 Å². The Balaban J connectivity index is 1.49. The normalized spacial score (nSPS) is 11.4. The van der Waals surface area contributed by atoms with Crippen molar-refractivity contribution >= 4 is 22.1 Å². The number of nitrogens with one attached hydrogen (secondary N) is 2. The summed E-state index contributed by atoms with van der Waals surface area (Å²) in [6.45, 7) is 1.87. The first-order valence-corrected chi connectivity index (χ1v) is 10.7. The van der Waals surface area contributed by atoms with Gasteiger partial charge in [0.2, 0.25) is 0 Å². The van der Waals surface area contributed by atoms with Crippen LogP contribution in [0.3, 0.4) is 0 Å². The van der Waals surface area contributed by atoms with Crippen LogP contribution in [0.1, 0.15) is 5.56 Å². The monoisotopic (exact) mass is 450 g/mol. The maximum Gasteiger partial charge on any atom is 0.178 e. The third kappa shape index (κ3) is 3.36. The highest BCUT2D eigenvalue weighted by Crippen LogP contribution is 2.33. The van der Waals surface area contributed by atoms with Crippen LogP contribution in [-0.4, -0.2) is 37.2 Å². The first kappa shape index (κ1) is 20.0.